The Balaban J connectivity index is 1.75. The van der Waals surface area contributed by atoms with E-state index in [9.17, 15) is 0 Å². The average molecular weight is 310 g/mol. The van der Waals surface area contributed by atoms with Gasteiger partial charge in [-0.15, -0.1) is 31.7 Å². The molecule has 0 aliphatic heterocycles. The van der Waals surface area contributed by atoms with E-state index >= 15 is 0 Å². The van der Waals surface area contributed by atoms with Crippen molar-refractivity contribution in [2.24, 2.45) is 0 Å². The van der Waals surface area contributed by atoms with E-state index < -0.39 is 0 Å². The third-order valence-corrected chi connectivity index (χ3v) is 5.17. The Kier molecular flexibility index (Phi) is 3.63. The molecule has 0 saturated heterocycles. The van der Waals surface area contributed by atoms with Crippen molar-refractivity contribution >= 4 is 34.4 Å². The zero-order valence-electron chi connectivity index (χ0n) is 10.2. The molecule has 0 bridgehead atoms. The number of thioether (sulfide) groups is 1. The van der Waals surface area contributed by atoms with Gasteiger partial charge in [-0.05, 0) is 25.3 Å². The van der Waals surface area contributed by atoms with Gasteiger partial charge in [0.25, 0.3) is 5.89 Å². The maximum Gasteiger partial charge on any atom is 0.257 e. The van der Waals surface area contributed by atoms with Gasteiger partial charge in [-0.2, -0.15) is 0 Å². The molecule has 0 amide bonds. The van der Waals surface area contributed by atoms with Crippen LogP contribution in [0.1, 0.15) is 23.1 Å². The fourth-order valence-electron chi connectivity index (χ4n) is 1.43. The van der Waals surface area contributed by atoms with Crippen LogP contribution in [0.2, 0.25) is 0 Å². The normalized spacial score (nSPS) is 12.7. The summed E-state index contributed by atoms with van der Waals surface area (Å²) in [5, 5.41) is 19.3. The van der Waals surface area contributed by atoms with Gasteiger partial charge in [0.1, 0.15) is 5.01 Å². The zero-order chi connectivity index (χ0) is 13.2. The fourth-order valence-corrected chi connectivity index (χ4v) is 4.06. The largest absolute Gasteiger partial charge is 0.419 e. The smallest absolute Gasteiger partial charge is 0.257 e. The van der Waals surface area contributed by atoms with Crippen LogP contribution in [-0.4, -0.2) is 20.4 Å². The van der Waals surface area contributed by atoms with Crippen molar-refractivity contribution in [1.82, 2.24) is 20.4 Å². The Hall–Kier alpha value is -1.25. The molecular weight excluding hydrogens is 300 g/mol. The van der Waals surface area contributed by atoms with Gasteiger partial charge in [-0.25, -0.2) is 0 Å². The number of nitrogens with zero attached hydrogens (tertiary/aromatic N) is 4. The fraction of sp³-hybridized carbons (Fsp3) is 0.273. The highest BCUT2D eigenvalue weighted by Crippen LogP contribution is 2.36. The Labute approximate surface area is 122 Å². The van der Waals surface area contributed by atoms with Crippen LogP contribution in [0.4, 0.5) is 0 Å². The summed E-state index contributed by atoms with van der Waals surface area (Å²) in [6.07, 6.45) is 0. The van der Waals surface area contributed by atoms with Crippen LogP contribution in [0, 0.1) is 6.92 Å². The van der Waals surface area contributed by atoms with Crippen molar-refractivity contribution in [3.05, 3.63) is 28.4 Å². The maximum atomic E-state index is 5.69. The molecule has 3 rings (SSSR count). The molecule has 8 heteroatoms. The molecule has 0 fully saturated rings. The molecule has 0 aliphatic rings. The monoisotopic (exact) mass is 310 g/mol. The van der Waals surface area contributed by atoms with Crippen molar-refractivity contribution in [2.45, 2.75) is 23.4 Å². The first-order valence-electron chi connectivity index (χ1n) is 5.56. The number of thiophene rings is 1. The molecule has 0 N–H and O–H groups in total. The molecule has 0 aromatic carbocycles. The van der Waals surface area contributed by atoms with Crippen LogP contribution in [0.15, 0.2) is 26.3 Å². The quantitative estimate of drug-likeness (QED) is 0.683. The summed E-state index contributed by atoms with van der Waals surface area (Å²) in [4.78, 5) is 0.989. The van der Waals surface area contributed by atoms with Gasteiger partial charge in [-0.1, -0.05) is 29.2 Å². The van der Waals surface area contributed by atoms with Crippen LogP contribution in [-0.2, 0) is 0 Å². The van der Waals surface area contributed by atoms with Gasteiger partial charge in [0.2, 0.25) is 5.89 Å². The van der Waals surface area contributed by atoms with Gasteiger partial charge < -0.3 is 4.42 Å². The maximum absolute atomic E-state index is 5.69. The minimum absolute atomic E-state index is 0.0635. The summed E-state index contributed by atoms with van der Waals surface area (Å²) in [5.41, 5.74) is 0. The van der Waals surface area contributed by atoms with E-state index in [0.717, 1.165) is 14.2 Å². The van der Waals surface area contributed by atoms with Gasteiger partial charge in [-0.3, -0.25) is 0 Å². The zero-order valence-corrected chi connectivity index (χ0v) is 12.7. The molecular formula is C11H10N4OS3. The van der Waals surface area contributed by atoms with Crippen molar-refractivity contribution < 1.29 is 4.42 Å². The third kappa shape index (κ3) is 2.85. The van der Waals surface area contributed by atoms with E-state index in [0.29, 0.717) is 11.8 Å². The van der Waals surface area contributed by atoms with Crippen molar-refractivity contribution in [3.8, 4) is 10.8 Å². The van der Waals surface area contributed by atoms with E-state index in [2.05, 4.69) is 20.4 Å². The van der Waals surface area contributed by atoms with Gasteiger partial charge in [0.05, 0.1) is 10.1 Å². The molecule has 0 aliphatic carbocycles. The summed E-state index contributed by atoms with van der Waals surface area (Å²) in [5.74, 6) is 1.19. The summed E-state index contributed by atoms with van der Waals surface area (Å²) in [6.45, 7) is 3.96. The Morgan fingerprint density at radius 3 is 2.84 bits per heavy atom. The number of aromatic nitrogens is 4. The number of rotatable bonds is 4. The summed E-state index contributed by atoms with van der Waals surface area (Å²) >= 11 is 4.73. The van der Waals surface area contributed by atoms with E-state index in [1.807, 2.05) is 31.4 Å². The van der Waals surface area contributed by atoms with E-state index in [-0.39, 0.29) is 5.25 Å². The summed E-state index contributed by atoms with van der Waals surface area (Å²) in [6, 6.07) is 3.93. The molecule has 1 atom stereocenters. The molecule has 3 aromatic rings. The molecule has 3 heterocycles. The highest BCUT2D eigenvalue weighted by molar-refractivity contribution is 8.01. The minimum Gasteiger partial charge on any atom is -0.419 e. The molecule has 3 aromatic heterocycles. The minimum atomic E-state index is 0.0635. The first kappa shape index (κ1) is 12.8. The number of aryl methyl sites for hydroxylation is 1. The van der Waals surface area contributed by atoms with Gasteiger partial charge >= 0.3 is 0 Å². The second kappa shape index (κ2) is 5.40. The standard InChI is InChI=1S/C11H10N4OS3/c1-6(18-11-15-12-7(2)19-11)9-13-14-10(16-9)8-4-3-5-17-8/h3-6H,1-2H3/t6-/m1/s1. The lowest BCUT2D eigenvalue weighted by Gasteiger charge is -2.01. The molecule has 98 valence electrons. The van der Waals surface area contributed by atoms with Crippen LogP contribution < -0.4 is 0 Å². The van der Waals surface area contributed by atoms with Gasteiger partial charge in [0.15, 0.2) is 4.34 Å². The second-order valence-electron chi connectivity index (χ2n) is 3.77. The summed E-state index contributed by atoms with van der Waals surface area (Å²) in [7, 11) is 0. The molecule has 0 spiro atoms. The predicted molar refractivity (Wildman–Crippen MR) is 76.5 cm³/mol. The van der Waals surface area contributed by atoms with Gasteiger partial charge in [0, 0.05) is 0 Å². The van der Waals surface area contributed by atoms with E-state index in [1.165, 1.54) is 0 Å². The lowest BCUT2D eigenvalue weighted by molar-refractivity contribution is 0.510. The van der Waals surface area contributed by atoms with Crippen LogP contribution >= 0.6 is 34.4 Å². The lowest BCUT2D eigenvalue weighted by Crippen LogP contribution is -1.88. The van der Waals surface area contributed by atoms with Crippen molar-refractivity contribution in [1.29, 1.82) is 0 Å². The first-order chi connectivity index (χ1) is 9.22. The van der Waals surface area contributed by atoms with Crippen LogP contribution in [0.25, 0.3) is 10.8 Å². The lowest BCUT2D eigenvalue weighted by atomic mass is 10.5. The van der Waals surface area contributed by atoms with E-state index in [4.69, 9.17) is 4.42 Å². The van der Waals surface area contributed by atoms with Crippen molar-refractivity contribution in [3.63, 3.8) is 0 Å². The van der Waals surface area contributed by atoms with E-state index in [1.54, 1.807) is 34.4 Å². The average Bonchev–Trinajstić information content (AvgIpc) is 3.08. The number of hydrogen-bond donors (Lipinski definition) is 0. The predicted octanol–water partition coefficient (Wildman–Crippen LogP) is 3.81. The molecule has 5 nitrogen and oxygen atoms in total. The second-order valence-corrected chi connectivity index (χ2v) is 7.49. The molecule has 0 saturated carbocycles. The Morgan fingerprint density at radius 1 is 1.26 bits per heavy atom. The third-order valence-electron chi connectivity index (χ3n) is 2.31. The SMILES string of the molecule is Cc1nnc(S[C@H](C)c2nnc(-c3cccs3)o2)s1. The first-order valence-corrected chi connectivity index (χ1v) is 8.14. The Morgan fingerprint density at radius 2 is 2.16 bits per heavy atom. The Bertz CT molecular complexity index is 661. The summed E-state index contributed by atoms with van der Waals surface area (Å²) < 4.78 is 6.61. The number of hydrogen-bond acceptors (Lipinski definition) is 8. The van der Waals surface area contributed by atoms with Crippen molar-refractivity contribution in [2.75, 3.05) is 0 Å². The van der Waals surface area contributed by atoms with Crippen LogP contribution in [0.3, 0.4) is 0 Å². The molecule has 0 radical (unpaired) electrons. The molecule has 19 heavy (non-hydrogen) atoms. The topological polar surface area (TPSA) is 64.7 Å². The van der Waals surface area contributed by atoms with Crippen LogP contribution in [0.5, 0.6) is 0 Å². The highest BCUT2D eigenvalue weighted by atomic mass is 32.2. The highest BCUT2D eigenvalue weighted by Gasteiger charge is 2.18. The molecule has 0 unspecified atom stereocenters.